The maximum atomic E-state index is 11.6. The van der Waals surface area contributed by atoms with Crippen molar-refractivity contribution in [2.24, 2.45) is 0 Å². The molecule has 0 aliphatic carbocycles. The van der Waals surface area contributed by atoms with Gasteiger partial charge in [0, 0.05) is 6.42 Å². The van der Waals surface area contributed by atoms with Gasteiger partial charge >= 0.3 is 11.9 Å². The van der Waals surface area contributed by atoms with Crippen molar-refractivity contribution in [3.63, 3.8) is 0 Å². The van der Waals surface area contributed by atoms with E-state index >= 15 is 0 Å². The summed E-state index contributed by atoms with van der Waals surface area (Å²) < 4.78 is 4.89. The Bertz CT molecular complexity index is 373. The predicted molar refractivity (Wildman–Crippen MR) is 109 cm³/mol. The van der Waals surface area contributed by atoms with Crippen molar-refractivity contribution in [2.45, 2.75) is 122 Å². The molecule has 0 aromatic carbocycles. The van der Waals surface area contributed by atoms with E-state index in [2.05, 4.69) is 19.1 Å². The third-order valence-electron chi connectivity index (χ3n) is 4.72. The average molecular weight is 387 g/mol. The summed E-state index contributed by atoms with van der Waals surface area (Å²) in [4.78, 5) is 11.6. The second kappa shape index (κ2) is 17.2. The van der Waals surface area contributed by atoms with Gasteiger partial charge in [0.2, 0.25) is 0 Å². The molecule has 0 fully saturated rings. The van der Waals surface area contributed by atoms with Crippen molar-refractivity contribution in [1.29, 1.82) is 0 Å². The number of unbranched alkanes of at least 4 members (excludes halogenated alkanes) is 11. The molecule has 1 unspecified atom stereocenters. The van der Waals surface area contributed by atoms with E-state index in [9.17, 15) is 4.79 Å². The number of ether oxygens (including phenoxy) is 1. The Kier molecular flexibility index (Phi) is 16.6. The zero-order chi connectivity index (χ0) is 20.4. The molecule has 1 atom stereocenters. The summed E-state index contributed by atoms with van der Waals surface area (Å²) in [7, 11) is 0. The van der Waals surface area contributed by atoms with Crippen LogP contribution in [0, 0.1) is 0 Å². The van der Waals surface area contributed by atoms with Crippen LogP contribution in [0.15, 0.2) is 12.2 Å². The van der Waals surface area contributed by atoms with Crippen molar-refractivity contribution < 1.29 is 24.9 Å². The van der Waals surface area contributed by atoms with Crippen LogP contribution in [0.5, 0.6) is 0 Å². The summed E-state index contributed by atoms with van der Waals surface area (Å²) in [6.45, 7) is 3.85. The molecule has 0 rings (SSSR count). The van der Waals surface area contributed by atoms with E-state index in [0.717, 1.165) is 32.1 Å². The molecule has 5 heteroatoms. The van der Waals surface area contributed by atoms with Gasteiger partial charge in [0.25, 0.3) is 0 Å². The van der Waals surface area contributed by atoms with Crippen LogP contribution in [0.1, 0.15) is 110 Å². The van der Waals surface area contributed by atoms with Crippen LogP contribution in [0.3, 0.4) is 0 Å². The number of carbonyl (C=O) groups excluding carboxylic acids is 1. The van der Waals surface area contributed by atoms with Gasteiger partial charge in [0.1, 0.15) is 0 Å². The number of rotatable bonds is 18. The largest absolute Gasteiger partial charge is 0.454 e. The monoisotopic (exact) mass is 386 g/mol. The van der Waals surface area contributed by atoms with Crippen LogP contribution in [0.2, 0.25) is 0 Å². The summed E-state index contributed by atoms with van der Waals surface area (Å²) in [6.07, 6.45) is 19.2. The molecular formula is C22H42O5. The third-order valence-corrected chi connectivity index (χ3v) is 4.72. The van der Waals surface area contributed by atoms with Gasteiger partial charge in [-0.15, -0.1) is 0 Å². The second-order valence-corrected chi connectivity index (χ2v) is 7.41. The van der Waals surface area contributed by atoms with Crippen LogP contribution >= 0.6 is 0 Å². The summed E-state index contributed by atoms with van der Waals surface area (Å²) in [5.74, 6) is -3.46. The first-order valence-corrected chi connectivity index (χ1v) is 10.9. The maximum absolute atomic E-state index is 11.6. The number of aliphatic hydroxyl groups is 3. The highest BCUT2D eigenvalue weighted by Gasteiger charge is 2.33. The van der Waals surface area contributed by atoms with Gasteiger partial charge in [0.05, 0.1) is 0 Å². The maximum Gasteiger partial charge on any atom is 0.314 e. The van der Waals surface area contributed by atoms with E-state index in [-0.39, 0.29) is 12.8 Å². The molecule has 0 bridgehead atoms. The third kappa shape index (κ3) is 17.0. The Labute approximate surface area is 165 Å². The zero-order valence-corrected chi connectivity index (χ0v) is 17.5. The Morgan fingerprint density at radius 2 is 1.30 bits per heavy atom. The molecule has 3 N–H and O–H groups in total. The van der Waals surface area contributed by atoms with Crippen molar-refractivity contribution >= 4 is 5.97 Å². The Morgan fingerprint density at radius 1 is 0.815 bits per heavy atom. The smallest absolute Gasteiger partial charge is 0.314 e. The van der Waals surface area contributed by atoms with Gasteiger partial charge in [-0.05, 0) is 38.5 Å². The van der Waals surface area contributed by atoms with E-state index in [0.29, 0.717) is 0 Å². The molecule has 0 saturated carbocycles. The molecule has 0 aromatic rings. The van der Waals surface area contributed by atoms with E-state index < -0.39 is 18.0 Å². The standard InChI is InChI=1S/C22H42O5/c1-3-5-6-7-8-9-10-11-12-13-14-15-16-17-18-19-21(23)27-20(4-2)22(24,25)26/h11-12,20,24-26H,3-10,13-19H2,1-2H3/b12-11-. The van der Waals surface area contributed by atoms with Crippen LogP contribution in [0.4, 0.5) is 0 Å². The SMILES string of the molecule is CCCCCCCC/C=C\CCCCCCCC(=O)OC(CC)C(O)(O)O. The van der Waals surface area contributed by atoms with Crippen molar-refractivity contribution in [3.8, 4) is 0 Å². The van der Waals surface area contributed by atoms with Crippen molar-refractivity contribution in [3.05, 3.63) is 12.2 Å². The molecule has 0 spiro atoms. The van der Waals surface area contributed by atoms with E-state index in [1.165, 1.54) is 51.4 Å². The van der Waals surface area contributed by atoms with Crippen molar-refractivity contribution in [1.82, 2.24) is 0 Å². The second-order valence-electron chi connectivity index (χ2n) is 7.41. The van der Waals surface area contributed by atoms with E-state index in [1.807, 2.05) is 0 Å². The zero-order valence-electron chi connectivity index (χ0n) is 17.5. The lowest BCUT2D eigenvalue weighted by Gasteiger charge is -2.24. The Balaban J connectivity index is 3.44. The fraction of sp³-hybridized carbons (Fsp3) is 0.864. The van der Waals surface area contributed by atoms with Gasteiger partial charge < -0.3 is 20.1 Å². The molecule has 0 aromatic heterocycles. The van der Waals surface area contributed by atoms with Crippen LogP contribution < -0.4 is 0 Å². The fourth-order valence-electron chi connectivity index (χ4n) is 2.99. The van der Waals surface area contributed by atoms with Gasteiger partial charge in [-0.25, -0.2) is 0 Å². The summed E-state index contributed by atoms with van der Waals surface area (Å²) in [5, 5.41) is 27.2. The molecule has 0 aliphatic rings. The Hall–Kier alpha value is -0.910. The molecule has 0 aliphatic heterocycles. The number of esters is 1. The highest BCUT2D eigenvalue weighted by Crippen LogP contribution is 2.14. The molecule has 5 nitrogen and oxygen atoms in total. The summed E-state index contributed by atoms with van der Waals surface area (Å²) in [5.41, 5.74) is 0. The lowest BCUT2D eigenvalue weighted by molar-refractivity contribution is -0.356. The van der Waals surface area contributed by atoms with Gasteiger partial charge in [-0.3, -0.25) is 4.79 Å². The first-order chi connectivity index (χ1) is 12.9. The minimum Gasteiger partial charge on any atom is -0.454 e. The van der Waals surface area contributed by atoms with Gasteiger partial charge in [-0.1, -0.05) is 77.4 Å². The molecule has 0 radical (unpaired) electrons. The number of hydrogen-bond acceptors (Lipinski definition) is 5. The molecule has 27 heavy (non-hydrogen) atoms. The van der Waals surface area contributed by atoms with Gasteiger partial charge in [-0.2, -0.15) is 0 Å². The first kappa shape index (κ1) is 26.1. The minimum atomic E-state index is -2.97. The normalized spacial score (nSPS) is 13.2. The molecular weight excluding hydrogens is 344 g/mol. The summed E-state index contributed by atoms with van der Waals surface area (Å²) in [6, 6.07) is 0. The highest BCUT2D eigenvalue weighted by molar-refractivity contribution is 5.69. The quantitative estimate of drug-likeness (QED) is 0.134. The van der Waals surface area contributed by atoms with Crippen LogP contribution in [-0.4, -0.2) is 33.4 Å². The highest BCUT2D eigenvalue weighted by atomic mass is 16.7. The number of carbonyl (C=O) groups is 1. The minimum absolute atomic E-state index is 0.140. The fourth-order valence-corrected chi connectivity index (χ4v) is 2.99. The van der Waals surface area contributed by atoms with Crippen LogP contribution in [0.25, 0.3) is 0 Å². The first-order valence-electron chi connectivity index (χ1n) is 10.9. The Morgan fingerprint density at radius 3 is 1.78 bits per heavy atom. The number of allylic oxidation sites excluding steroid dienone is 2. The molecule has 0 amide bonds. The topological polar surface area (TPSA) is 87.0 Å². The molecule has 160 valence electrons. The predicted octanol–water partition coefficient (Wildman–Crippen LogP) is 4.98. The van der Waals surface area contributed by atoms with E-state index in [1.54, 1.807) is 6.92 Å². The van der Waals surface area contributed by atoms with E-state index in [4.69, 9.17) is 20.1 Å². The lowest BCUT2D eigenvalue weighted by atomic mass is 10.1. The lowest BCUT2D eigenvalue weighted by Crippen LogP contribution is -2.44. The average Bonchev–Trinajstić information content (AvgIpc) is 2.62. The molecule has 0 saturated heterocycles. The summed E-state index contributed by atoms with van der Waals surface area (Å²) >= 11 is 0. The van der Waals surface area contributed by atoms with Crippen molar-refractivity contribution in [2.75, 3.05) is 0 Å². The van der Waals surface area contributed by atoms with Crippen LogP contribution in [-0.2, 0) is 9.53 Å². The molecule has 0 heterocycles. The number of hydrogen-bond donors (Lipinski definition) is 3. The van der Waals surface area contributed by atoms with Gasteiger partial charge in [0.15, 0.2) is 6.10 Å².